The van der Waals surface area contributed by atoms with E-state index in [1.165, 1.54) is 0 Å². The van der Waals surface area contributed by atoms with Crippen LogP contribution < -0.4 is 10.5 Å². The molecule has 0 saturated heterocycles. The lowest BCUT2D eigenvalue weighted by Crippen LogP contribution is -2.07. The van der Waals surface area contributed by atoms with E-state index in [0.29, 0.717) is 36.7 Å². The summed E-state index contributed by atoms with van der Waals surface area (Å²) in [6, 6.07) is 9.42. The lowest BCUT2D eigenvalue weighted by Gasteiger charge is -2.09. The maximum atomic E-state index is 5.70. The Morgan fingerprint density at radius 3 is 2.72 bits per heavy atom. The largest absolute Gasteiger partial charge is 0.492 e. The van der Waals surface area contributed by atoms with Gasteiger partial charge in [0.1, 0.15) is 23.1 Å². The molecule has 3 aromatic rings. The molecule has 7 heteroatoms. The van der Waals surface area contributed by atoms with Crippen molar-refractivity contribution in [3.05, 3.63) is 60.8 Å². The minimum absolute atomic E-state index is 0.596. The smallest absolute Gasteiger partial charge is 0.188 e. The molecule has 3 aromatic heterocycles. The summed E-state index contributed by atoms with van der Waals surface area (Å²) in [4.78, 5) is 8.86. The van der Waals surface area contributed by atoms with Crippen LogP contribution in [0.5, 0.6) is 5.75 Å². The maximum absolute atomic E-state index is 5.70. The highest BCUT2D eigenvalue weighted by Gasteiger charge is 2.17. The summed E-state index contributed by atoms with van der Waals surface area (Å²) in [7, 11) is 0. The number of allylic oxidation sites excluding steroid dienone is 1. The zero-order valence-electron chi connectivity index (χ0n) is 14.1. The highest BCUT2D eigenvalue weighted by atomic mass is 16.5. The number of nitrogens with two attached hydrogens (primary N) is 1. The van der Waals surface area contributed by atoms with Crippen LogP contribution >= 0.6 is 0 Å². The van der Waals surface area contributed by atoms with Gasteiger partial charge in [-0.05, 0) is 37.6 Å². The van der Waals surface area contributed by atoms with Gasteiger partial charge in [0.2, 0.25) is 0 Å². The van der Waals surface area contributed by atoms with Gasteiger partial charge in [-0.2, -0.15) is 0 Å². The molecule has 0 aliphatic rings. The first-order chi connectivity index (χ1) is 12.2. The first kappa shape index (κ1) is 16.6. The Labute approximate surface area is 146 Å². The summed E-state index contributed by atoms with van der Waals surface area (Å²) >= 11 is 0. The molecule has 0 saturated carbocycles. The molecule has 0 aliphatic heterocycles. The molecule has 0 atom stereocenters. The van der Waals surface area contributed by atoms with Gasteiger partial charge in [-0.25, -0.2) is 9.97 Å². The first-order valence-electron chi connectivity index (χ1n) is 8.07. The van der Waals surface area contributed by atoms with Gasteiger partial charge in [0.25, 0.3) is 0 Å². The Morgan fingerprint density at radius 2 is 2.08 bits per heavy atom. The second kappa shape index (κ2) is 7.57. The molecular formula is C18H20N6O. The molecule has 7 nitrogen and oxygen atoms in total. The van der Waals surface area contributed by atoms with Crippen LogP contribution in [-0.4, -0.2) is 31.3 Å². The summed E-state index contributed by atoms with van der Waals surface area (Å²) in [5, 5.41) is 8.62. The average molecular weight is 336 g/mol. The highest BCUT2D eigenvalue weighted by Crippen LogP contribution is 2.22. The van der Waals surface area contributed by atoms with E-state index >= 15 is 0 Å². The summed E-state index contributed by atoms with van der Waals surface area (Å²) in [6.45, 7) is 6.27. The number of pyridine rings is 2. The predicted octanol–water partition coefficient (Wildman–Crippen LogP) is 2.53. The van der Waals surface area contributed by atoms with Crippen molar-refractivity contribution < 1.29 is 4.74 Å². The van der Waals surface area contributed by atoms with Crippen LogP contribution in [-0.2, 0) is 6.42 Å². The Hall–Kier alpha value is -3.22. The Balaban J connectivity index is 2.02. The lowest BCUT2D eigenvalue weighted by atomic mass is 10.2. The van der Waals surface area contributed by atoms with Crippen molar-refractivity contribution >= 4 is 0 Å². The van der Waals surface area contributed by atoms with Crippen LogP contribution in [0.1, 0.15) is 19.2 Å². The van der Waals surface area contributed by atoms with Gasteiger partial charge in [-0.15, -0.1) is 10.2 Å². The number of aryl methyl sites for hydroxylation is 1. The SMILES string of the molecule is C=C(N)CCc1nnc(-c2ccc(OCC)cn2)n1-c1ccccn1. The van der Waals surface area contributed by atoms with Gasteiger partial charge in [-0.3, -0.25) is 4.57 Å². The normalized spacial score (nSPS) is 10.6. The topological polar surface area (TPSA) is 91.7 Å². The third-order valence-electron chi connectivity index (χ3n) is 3.55. The predicted molar refractivity (Wildman–Crippen MR) is 95.2 cm³/mol. The second-order valence-electron chi connectivity index (χ2n) is 5.43. The van der Waals surface area contributed by atoms with Gasteiger partial charge >= 0.3 is 0 Å². The van der Waals surface area contributed by atoms with E-state index in [1.54, 1.807) is 12.4 Å². The molecular weight excluding hydrogens is 316 g/mol. The molecule has 0 unspecified atom stereocenters. The number of aromatic nitrogens is 5. The van der Waals surface area contributed by atoms with Crippen molar-refractivity contribution in [2.24, 2.45) is 5.73 Å². The van der Waals surface area contributed by atoms with E-state index in [0.717, 1.165) is 17.4 Å². The Bertz CT molecular complexity index is 842. The third-order valence-corrected chi connectivity index (χ3v) is 3.55. The standard InChI is InChI=1S/C18H20N6O/c1-3-25-14-8-9-15(21-12-14)18-23-22-17(10-7-13(2)19)24(18)16-6-4-5-11-20-16/h4-6,8-9,11-12H,2-3,7,10,19H2,1H3. The lowest BCUT2D eigenvalue weighted by molar-refractivity contribution is 0.339. The monoisotopic (exact) mass is 336 g/mol. The molecule has 25 heavy (non-hydrogen) atoms. The van der Waals surface area contributed by atoms with Crippen molar-refractivity contribution in [2.75, 3.05) is 6.61 Å². The van der Waals surface area contributed by atoms with Gasteiger partial charge in [0, 0.05) is 18.3 Å². The van der Waals surface area contributed by atoms with E-state index in [9.17, 15) is 0 Å². The van der Waals surface area contributed by atoms with E-state index < -0.39 is 0 Å². The summed E-state index contributed by atoms with van der Waals surface area (Å²) < 4.78 is 7.33. The quantitative estimate of drug-likeness (QED) is 0.713. The van der Waals surface area contributed by atoms with E-state index in [-0.39, 0.29) is 0 Å². The molecule has 0 aliphatic carbocycles. The van der Waals surface area contributed by atoms with Crippen LogP contribution in [0, 0.1) is 0 Å². The van der Waals surface area contributed by atoms with Crippen LogP contribution in [0.3, 0.4) is 0 Å². The van der Waals surface area contributed by atoms with Crippen molar-refractivity contribution in [2.45, 2.75) is 19.8 Å². The Morgan fingerprint density at radius 1 is 1.20 bits per heavy atom. The van der Waals surface area contributed by atoms with Gasteiger partial charge in [-0.1, -0.05) is 12.6 Å². The van der Waals surface area contributed by atoms with E-state index in [2.05, 4.69) is 26.7 Å². The van der Waals surface area contributed by atoms with Gasteiger partial charge < -0.3 is 10.5 Å². The number of hydrogen-bond donors (Lipinski definition) is 1. The molecule has 0 aromatic carbocycles. The molecule has 0 fully saturated rings. The van der Waals surface area contributed by atoms with E-state index in [4.69, 9.17) is 10.5 Å². The van der Waals surface area contributed by atoms with Crippen molar-refractivity contribution in [3.63, 3.8) is 0 Å². The number of rotatable bonds is 7. The molecule has 2 N–H and O–H groups in total. The minimum atomic E-state index is 0.596. The summed E-state index contributed by atoms with van der Waals surface area (Å²) in [5.41, 5.74) is 7.00. The fourth-order valence-corrected chi connectivity index (χ4v) is 2.41. The summed E-state index contributed by atoms with van der Waals surface area (Å²) in [5.74, 6) is 2.83. The van der Waals surface area contributed by atoms with Crippen molar-refractivity contribution in [3.8, 4) is 23.1 Å². The summed E-state index contributed by atoms with van der Waals surface area (Å²) in [6.07, 6.45) is 4.66. The van der Waals surface area contributed by atoms with Crippen LogP contribution in [0.4, 0.5) is 0 Å². The fourth-order valence-electron chi connectivity index (χ4n) is 2.41. The van der Waals surface area contributed by atoms with Gasteiger partial charge in [0.05, 0.1) is 12.8 Å². The number of ether oxygens (including phenoxy) is 1. The highest BCUT2D eigenvalue weighted by molar-refractivity contribution is 5.53. The molecule has 3 rings (SSSR count). The first-order valence-corrected chi connectivity index (χ1v) is 8.07. The maximum Gasteiger partial charge on any atom is 0.188 e. The molecule has 3 heterocycles. The second-order valence-corrected chi connectivity index (χ2v) is 5.43. The zero-order valence-corrected chi connectivity index (χ0v) is 14.1. The van der Waals surface area contributed by atoms with E-state index in [1.807, 2.05) is 41.8 Å². The molecule has 0 amide bonds. The number of hydrogen-bond acceptors (Lipinski definition) is 6. The molecule has 128 valence electrons. The zero-order chi connectivity index (χ0) is 17.6. The molecule has 0 spiro atoms. The minimum Gasteiger partial charge on any atom is -0.492 e. The fraction of sp³-hybridized carbons (Fsp3) is 0.222. The van der Waals surface area contributed by atoms with Gasteiger partial charge in [0.15, 0.2) is 5.82 Å². The van der Waals surface area contributed by atoms with Crippen molar-refractivity contribution in [1.29, 1.82) is 0 Å². The van der Waals surface area contributed by atoms with Crippen LogP contribution in [0.25, 0.3) is 17.3 Å². The third kappa shape index (κ3) is 3.82. The van der Waals surface area contributed by atoms with Crippen molar-refractivity contribution in [1.82, 2.24) is 24.7 Å². The average Bonchev–Trinajstić information content (AvgIpc) is 3.05. The molecule has 0 bridgehead atoms. The van der Waals surface area contributed by atoms with Crippen LogP contribution in [0.2, 0.25) is 0 Å². The number of nitrogens with zero attached hydrogens (tertiary/aromatic N) is 5. The molecule has 0 radical (unpaired) electrons. The Kier molecular flexibility index (Phi) is 5.03. The van der Waals surface area contributed by atoms with Crippen LogP contribution in [0.15, 0.2) is 55.0 Å².